The Morgan fingerprint density at radius 1 is 1.11 bits per heavy atom. The molecule has 0 saturated heterocycles. The number of imidazole rings is 1. The Hall–Kier alpha value is -1.01. The maximum Gasteiger partial charge on any atom is 0.166 e. The van der Waals surface area contributed by atoms with Crippen molar-refractivity contribution in [1.82, 2.24) is 9.97 Å². The third-order valence-corrected chi connectivity index (χ3v) is 4.26. The van der Waals surface area contributed by atoms with Crippen LogP contribution in [0.2, 0.25) is 0 Å². The first-order valence-electron chi connectivity index (χ1n) is 5.63. The second kappa shape index (κ2) is 5.32. The average Bonchev–Trinajstić information content (AvgIpc) is 2.79. The Bertz CT molecular complexity index is 664. The molecular weight excluding hydrogens is 355 g/mol. The van der Waals surface area contributed by atoms with Crippen LogP contribution in [0.25, 0.3) is 11.0 Å². The van der Waals surface area contributed by atoms with Gasteiger partial charge in [-0.05, 0) is 46.4 Å². The molecule has 0 fully saturated rings. The van der Waals surface area contributed by atoms with Crippen molar-refractivity contribution >= 4 is 45.4 Å². The highest BCUT2D eigenvalue weighted by molar-refractivity contribution is 14.1. The van der Waals surface area contributed by atoms with Gasteiger partial charge in [-0.3, -0.25) is 0 Å². The number of thioether (sulfide) groups is 1. The van der Waals surface area contributed by atoms with Crippen molar-refractivity contribution in [1.29, 1.82) is 0 Å². The molecule has 4 heteroatoms. The summed E-state index contributed by atoms with van der Waals surface area (Å²) in [7, 11) is 0. The third-order valence-electron chi connectivity index (χ3n) is 2.64. The Kier molecular flexibility index (Phi) is 3.56. The first kappa shape index (κ1) is 12.0. The van der Waals surface area contributed by atoms with E-state index in [-0.39, 0.29) is 0 Å². The van der Waals surface area contributed by atoms with E-state index in [1.165, 1.54) is 9.13 Å². The van der Waals surface area contributed by atoms with E-state index in [1.54, 1.807) is 11.8 Å². The summed E-state index contributed by atoms with van der Waals surface area (Å²) < 4.78 is 1.23. The van der Waals surface area contributed by atoms with Gasteiger partial charge >= 0.3 is 0 Å². The van der Waals surface area contributed by atoms with Crippen LogP contribution in [0.4, 0.5) is 0 Å². The van der Waals surface area contributed by atoms with Gasteiger partial charge in [-0.1, -0.05) is 42.1 Å². The summed E-state index contributed by atoms with van der Waals surface area (Å²) in [6.07, 6.45) is 0. The van der Waals surface area contributed by atoms with Gasteiger partial charge in [0.1, 0.15) is 0 Å². The lowest BCUT2D eigenvalue weighted by Gasteiger charge is -1.97. The minimum absolute atomic E-state index is 0.942. The maximum atomic E-state index is 4.57. The lowest BCUT2D eigenvalue weighted by Crippen LogP contribution is -1.80. The van der Waals surface area contributed by atoms with Crippen molar-refractivity contribution in [2.45, 2.75) is 10.9 Å². The van der Waals surface area contributed by atoms with Gasteiger partial charge in [-0.2, -0.15) is 0 Å². The van der Waals surface area contributed by atoms with E-state index >= 15 is 0 Å². The van der Waals surface area contributed by atoms with Crippen LogP contribution in [0.3, 0.4) is 0 Å². The molecular formula is C14H11IN2S. The van der Waals surface area contributed by atoms with Gasteiger partial charge in [0.05, 0.1) is 11.0 Å². The molecule has 0 radical (unpaired) electrons. The van der Waals surface area contributed by atoms with Crippen molar-refractivity contribution in [2.24, 2.45) is 0 Å². The van der Waals surface area contributed by atoms with Crippen LogP contribution in [0.5, 0.6) is 0 Å². The average molecular weight is 366 g/mol. The highest BCUT2D eigenvalue weighted by Gasteiger charge is 2.03. The van der Waals surface area contributed by atoms with Crippen LogP contribution in [-0.4, -0.2) is 9.97 Å². The summed E-state index contributed by atoms with van der Waals surface area (Å²) in [6.45, 7) is 0. The van der Waals surface area contributed by atoms with Crippen molar-refractivity contribution in [3.8, 4) is 0 Å². The quantitative estimate of drug-likeness (QED) is 0.548. The Balaban J connectivity index is 1.79. The normalized spacial score (nSPS) is 10.9. The minimum Gasteiger partial charge on any atom is -0.333 e. The van der Waals surface area contributed by atoms with Gasteiger partial charge in [0.2, 0.25) is 0 Å². The first-order valence-corrected chi connectivity index (χ1v) is 7.70. The number of benzene rings is 2. The molecule has 0 spiro atoms. The second-order valence-corrected chi connectivity index (χ2v) is 6.19. The molecule has 90 valence electrons. The second-order valence-electron chi connectivity index (χ2n) is 3.98. The minimum atomic E-state index is 0.942. The zero-order chi connectivity index (χ0) is 12.4. The molecule has 0 aliphatic heterocycles. The lowest BCUT2D eigenvalue weighted by atomic mass is 10.2. The van der Waals surface area contributed by atoms with Crippen LogP contribution >= 0.6 is 34.4 Å². The number of aromatic nitrogens is 2. The summed E-state index contributed by atoms with van der Waals surface area (Å²) in [5.74, 6) is 0.942. The number of fused-ring (bicyclic) bond motifs is 1. The molecule has 1 N–H and O–H groups in total. The molecule has 1 aromatic heterocycles. The number of nitrogens with zero attached hydrogens (tertiary/aromatic N) is 1. The largest absolute Gasteiger partial charge is 0.333 e. The zero-order valence-corrected chi connectivity index (χ0v) is 12.5. The van der Waals surface area contributed by atoms with Gasteiger partial charge in [-0.25, -0.2) is 4.98 Å². The molecule has 2 nitrogen and oxygen atoms in total. The molecule has 0 aliphatic carbocycles. The number of hydrogen-bond donors (Lipinski definition) is 1. The molecule has 0 bridgehead atoms. The van der Waals surface area contributed by atoms with Crippen LogP contribution in [0.15, 0.2) is 53.7 Å². The lowest BCUT2D eigenvalue weighted by molar-refractivity contribution is 1.08. The number of halogens is 1. The topological polar surface area (TPSA) is 28.7 Å². The fourth-order valence-corrected chi connectivity index (χ4v) is 3.08. The molecule has 0 aliphatic rings. The smallest absolute Gasteiger partial charge is 0.166 e. The van der Waals surface area contributed by atoms with Crippen LogP contribution in [0, 0.1) is 3.57 Å². The van der Waals surface area contributed by atoms with Gasteiger partial charge in [0, 0.05) is 9.32 Å². The molecule has 2 aromatic carbocycles. The SMILES string of the molecule is Ic1ccc2nc(SCc3ccccc3)[nH]c2c1. The van der Waals surface area contributed by atoms with Crippen molar-refractivity contribution in [3.63, 3.8) is 0 Å². The molecule has 3 rings (SSSR count). The fraction of sp³-hybridized carbons (Fsp3) is 0.0714. The molecule has 0 amide bonds. The predicted molar refractivity (Wildman–Crippen MR) is 84.8 cm³/mol. The van der Waals surface area contributed by atoms with E-state index in [9.17, 15) is 0 Å². The van der Waals surface area contributed by atoms with E-state index in [0.717, 1.165) is 21.9 Å². The van der Waals surface area contributed by atoms with Crippen molar-refractivity contribution in [2.75, 3.05) is 0 Å². The molecule has 3 aromatic rings. The predicted octanol–water partition coefficient (Wildman–Crippen LogP) is 4.46. The van der Waals surface area contributed by atoms with Crippen molar-refractivity contribution < 1.29 is 0 Å². The summed E-state index contributed by atoms with van der Waals surface area (Å²) in [6, 6.07) is 16.7. The molecule has 0 unspecified atom stereocenters. The van der Waals surface area contributed by atoms with Crippen LogP contribution in [0.1, 0.15) is 5.56 Å². The van der Waals surface area contributed by atoms with Gasteiger partial charge in [0.25, 0.3) is 0 Å². The fourth-order valence-electron chi connectivity index (χ4n) is 1.75. The zero-order valence-electron chi connectivity index (χ0n) is 9.56. The Morgan fingerprint density at radius 3 is 2.78 bits per heavy atom. The van der Waals surface area contributed by atoms with E-state index in [4.69, 9.17) is 0 Å². The maximum absolute atomic E-state index is 4.57. The third kappa shape index (κ3) is 2.70. The van der Waals surface area contributed by atoms with Gasteiger partial charge in [-0.15, -0.1) is 0 Å². The van der Waals surface area contributed by atoms with E-state index in [0.29, 0.717) is 0 Å². The summed E-state index contributed by atoms with van der Waals surface area (Å²) in [5.41, 5.74) is 3.46. The number of aromatic amines is 1. The molecule has 1 heterocycles. The molecule has 18 heavy (non-hydrogen) atoms. The number of rotatable bonds is 3. The van der Waals surface area contributed by atoms with E-state index in [2.05, 4.69) is 75.0 Å². The number of H-pyrrole nitrogens is 1. The van der Waals surface area contributed by atoms with Crippen molar-refractivity contribution in [3.05, 3.63) is 57.7 Å². The first-order chi connectivity index (χ1) is 8.81. The summed E-state index contributed by atoms with van der Waals surface area (Å²) in [5, 5.41) is 0.982. The summed E-state index contributed by atoms with van der Waals surface area (Å²) in [4.78, 5) is 7.93. The van der Waals surface area contributed by atoms with E-state index < -0.39 is 0 Å². The molecule has 0 atom stereocenters. The number of nitrogens with one attached hydrogen (secondary N) is 1. The van der Waals surface area contributed by atoms with Gasteiger partial charge < -0.3 is 4.98 Å². The molecule has 0 saturated carbocycles. The Morgan fingerprint density at radius 2 is 1.94 bits per heavy atom. The Labute approximate surface area is 123 Å². The highest BCUT2D eigenvalue weighted by Crippen LogP contribution is 2.23. The highest BCUT2D eigenvalue weighted by atomic mass is 127. The number of hydrogen-bond acceptors (Lipinski definition) is 2. The van der Waals surface area contributed by atoms with Gasteiger partial charge in [0.15, 0.2) is 5.16 Å². The summed E-state index contributed by atoms with van der Waals surface area (Å²) >= 11 is 4.05. The monoisotopic (exact) mass is 366 g/mol. The van der Waals surface area contributed by atoms with E-state index in [1.807, 2.05) is 6.07 Å². The van der Waals surface area contributed by atoms with Crippen LogP contribution in [-0.2, 0) is 5.75 Å². The standard InChI is InChI=1S/C14H11IN2S/c15-11-6-7-12-13(8-11)17-14(16-12)18-9-10-4-2-1-3-5-10/h1-8H,9H2,(H,16,17). The van der Waals surface area contributed by atoms with Crippen LogP contribution < -0.4 is 0 Å².